The van der Waals surface area contributed by atoms with Crippen LogP contribution in [0, 0.1) is 5.92 Å². The standard InChI is InChI=1S/C19H21F3N4O2/c1-13(9-25-6-5-23-12-25)24-18(28)15-8-17(27)26(11-15)10-14-3-2-4-16(7-14)19(20,21)22/h2-7,12-13,15H,8-11H2,1H3,(H,24,28). The van der Waals surface area contributed by atoms with Crippen molar-refractivity contribution in [2.75, 3.05) is 6.54 Å². The van der Waals surface area contributed by atoms with E-state index in [9.17, 15) is 22.8 Å². The molecular formula is C19H21F3N4O2. The minimum Gasteiger partial charge on any atom is -0.352 e. The van der Waals surface area contributed by atoms with Crippen LogP contribution in [0.3, 0.4) is 0 Å². The maximum absolute atomic E-state index is 12.8. The molecule has 6 nitrogen and oxygen atoms in total. The van der Waals surface area contributed by atoms with Crippen molar-refractivity contribution in [2.45, 2.75) is 38.7 Å². The van der Waals surface area contributed by atoms with Crippen molar-refractivity contribution in [1.82, 2.24) is 19.8 Å². The van der Waals surface area contributed by atoms with Crippen LogP contribution in [0.1, 0.15) is 24.5 Å². The number of halogens is 3. The predicted octanol–water partition coefficient (Wildman–Crippen LogP) is 2.46. The molecule has 9 heteroatoms. The lowest BCUT2D eigenvalue weighted by Gasteiger charge is -2.19. The first-order chi connectivity index (χ1) is 13.2. The highest BCUT2D eigenvalue weighted by molar-refractivity contribution is 5.89. The second-order valence-corrected chi connectivity index (χ2v) is 7.04. The molecule has 2 atom stereocenters. The van der Waals surface area contributed by atoms with E-state index in [1.807, 2.05) is 11.5 Å². The summed E-state index contributed by atoms with van der Waals surface area (Å²) in [6.07, 6.45) is 0.717. The van der Waals surface area contributed by atoms with Gasteiger partial charge in [-0.25, -0.2) is 4.98 Å². The molecule has 1 saturated heterocycles. The molecule has 0 radical (unpaired) electrons. The monoisotopic (exact) mass is 394 g/mol. The van der Waals surface area contributed by atoms with Crippen molar-refractivity contribution in [3.05, 3.63) is 54.1 Å². The zero-order valence-electron chi connectivity index (χ0n) is 15.3. The van der Waals surface area contributed by atoms with E-state index in [1.165, 1.54) is 11.0 Å². The second-order valence-electron chi connectivity index (χ2n) is 7.04. The van der Waals surface area contributed by atoms with Gasteiger partial charge in [0.1, 0.15) is 0 Å². The Kier molecular flexibility index (Phi) is 5.71. The van der Waals surface area contributed by atoms with Gasteiger partial charge >= 0.3 is 6.18 Å². The van der Waals surface area contributed by atoms with E-state index in [2.05, 4.69) is 10.3 Å². The Bertz CT molecular complexity index is 836. The van der Waals surface area contributed by atoms with Gasteiger partial charge in [-0.15, -0.1) is 0 Å². The number of carbonyl (C=O) groups is 2. The van der Waals surface area contributed by atoms with Gasteiger partial charge in [0.15, 0.2) is 0 Å². The molecule has 2 unspecified atom stereocenters. The first-order valence-electron chi connectivity index (χ1n) is 8.92. The molecule has 28 heavy (non-hydrogen) atoms. The van der Waals surface area contributed by atoms with Crippen molar-refractivity contribution in [3.8, 4) is 0 Å². The van der Waals surface area contributed by atoms with Gasteiger partial charge < -0.3 is 14.8 Å². The van der Waals surface area contributed by atoms with Gasteiger partial charge in [-0.3, -0.25) is 9.59 Å². The van der Waals surface area contributed by atoms with Crippen LogP contribution in [0.2, 0.25) is 0 Å². The van der Waals surface area contributed by atoms with Gasteiger partial charge in [-0.2, -0.15) is 13.2 Å². The molecule has 3 rings (SSSR count). The molecule has 0 bridgehead atoms. The van der Waals surface area contributed by atoms with Crippen molar-refractivity contribution >= 4 is 11.8 Å². The quantitative estimate of drug-likeness (QED) is 0.819. The number of rotatable bonds is 6. The maximum Gasteiger partial charge on any atom is 0.416 e. The largest absolute Gasteiger partial charge is 0.416 e. The lowest BCUT2D eigenvalue weighted by atomic mass is 10.1. The molecule has 2 aromatic rings. The van der Waals surface area contributed by atoms with E-state index in [0.717, 1.165) is 12.1 Å². The van der Waals surface area contributed by atoms with Crippen LogP contribution < -0.4 is 5.32 Å². The highest BCUT2D eigenvalue weighted by Crippen LogP contribution is 2.30. The summed E-state index contributed by atoms with van der Waals surface area (Å²) >= 11 is 0. The van der Waals surface area contributed by atoms with E-state index < -0.39 is 17.7 Å². The molecule has 1 aromatic heterocycles. The Balaban J connectivity index is 1.56. The molecule has 2 amide bonds. The normalized spacial score (nSPS) is 18.4. The van der Waals surface area contributed by atoms with Crippen molar-refractivity contribution < 1.29 is 22.8 Å². The number of benzene rings is 1. The molecule has 0 aliphatic carbocycles. The Morgan fingerprint density at radius 2 is 2.18 bits per heavy atom. The second kappa shape index (κ2) is 8.04. The van der Waals surface area contributed by atoms with Crippen LogP contribution in [-0.4, -0.2) is 38.9 Å². The number of likely N-dealkylation sites (tertiary alicyclic amines) is 1. The number of nitrogens with zero attached hydrogens (tertiary/aromatic N) is 3. The van der Waals surface area contributed by atoms with Crippen LogP contribution in [0.25, 0.3) is 0 Å². The van der Waals surface area contributed by atoms with Gasteiger partial charge in [-0.1, -0.05) is 12.1 Å². The van der Waals surface area contributed by atoms with Gasteiger partial charge in [0.2, 0.25) is 11.8 Å². The number of hydrogen-bond donors (Lipinski definition) is 1. The molecule has 150 valence electrons. The summed E-state index contributed by atoms with van der Waals surface area (Å²) in [4.78, 5) is 30.1. The zero-order valence-corrected chi connectivity index (χ0v) is 15.3. The molecular weight excluding hydrogens is 373 g/mol. The van der Waals surface area contributed by atoms with Crippen molar-refractivity contribution in [1.29, 1.82) is 0 Å². The SMILES string of the molecule is CC(Cn1ccnc1)NC(=O)C1CC(=O)N(Cc2cccc(C(F)(F)F)c2)C1. The highest BCUT2D eigenvalue weighted by Gasteiger charge is 2.35. The summed E-state index contributed by atoms with van der Waals surface area (Å²) in [5, 5.41) is 2.88. The first kappa shape index (κ1) is 19.9. The zero-order chi connectivity index (χ0) is 20.3. The third-order valence-corrected chi connectivity index (χ3v) is 4.65. The molecule has 1 N–H and O–H groups in total. The predicted molar refractivity (Wildman–Crippen MR) is 94.8 cm³/mol. The number of carbonyl (C=O) groups excluding carboxylic acids is 2. The molecule has 2 heterocycles. The maximum atomic E-state index is 12.8. The molecule has 1 aliphatic heterocycles. The third-order valence-electron chi connectivity index (χ3n) is 4.65. The Morgan fingerprint density at radius 1 is 1.39 bits per heavy atom. The van der Waals surface area contributed by atoms with Crippen molar-refractivity contribution in [2.24, 2.45) is 5.92 Å². The number of hydrogen-bond acceptors (Lipinski definition) is 3. The fourth-order valence-corrected chi connectivity index (χ4v) is 3.28. The summed E-state index contributed by atoms with van der Waals surface area (Å²) < 4.78 is 40.4. The number of imidazole rings is 1. The van der Waals surface area contributed by atoms with Crippen molar-refractivity contribution in [3.63, 3.8) is 0 Å². The average molecular weight is 394 g/mol. The fourth-order valence-electron chi connectivity index (χ4n) is 3.28. The highest BCUT2D eigenvalue weighted by atomic mass is 19.4. The fraction of sp³-hybridized carbons (Fsp3) is 0.421. The lowest BCUT2D eigenvalue weighted by molar-refractivity contribution is -0.137. The number of amides is 2. The number of alkyl halides is 3. The molecule has 0 spiro atoms. The van der Waals surface area contributed by atoms with Crippen LogP contribution >= 0.6 is 0 Å². The van der Waals surface area contributed by atoms with Crippen LogP contribution in [0.15, 0.2) is 43.0 Å². The Labute approximate surface area is 160 Å². The van der Waals surface area contributed by atoms with E-state index in [4.69, 9.17) is 0 Å². The number of nitrogens with one attached hydrogen (secondary N) is 1. The van der Waals surface area contributed by atoms with Gasteiger partial charge in [0, 0.05) is 44.5 Å². The van der Waals surface area contributed by atoms with Crippen LogP contribution in [-0.2, 0) is 28.9 Å². The molecule has 1 fully saturated rings. The Hall–Kier alpha value is -2.84. The summed E-state index contributed by atoms with van der Waals surface area (Å²) in [5.41, 5.74) is -0.364. The van der Waals surface area contributed by atoms with E-state index in [-0.39, 0.29) is 37.4 Å². The molecule has 0 saturated carbocycles. The van der Waals surface area contributed by atoms with E-state index >= 15 is 0 Å². The van der Waals surface area contributed by atoms with Crippen LogP contribution in [0.5, 0.6) is 0 Å². The molecule has 1 aliphatic rings. The minimum atomic E-state index is -4.43. The Morgan fingerprint density at radius 3 is 2.86 bits per heavy atom. The summed E-state index contributed by atoms with van der Waals surface area (Å²) in [6.45, 7) is 2.66. The topological polar surface area (TPSA) is 67.2 Å². The lowest BCUT2D eigenvalue weighted by Crippen LogP contribution is -2.40. The minimum absolute atomic E-state index is 0.0527. The van der Waals surface area contributed by atoms with E-state index in [1.54, 1.807) is 24.8 Å². The van der Waals surface area contributed by atoms with Gasteiger partial charge in [0.25, 0.3) is 0 Å². The average Bonchev–Trinajstić information content (AvgIpc) is 3.24. The van der Waals surface area contributed by atoms with Crippen LogP contribution in [0.4, 0.5) is 13.2 Å². The smallest absolute Gasteiger partial charge is 0.352 e. The van der Waals surface area contributed by atoms with Gasteiger partial charge in [0.05, 0.1) is 17.8 Å². The summed E-state index contributed by atoms with van der Waals surface area (Å²) in [5.74, 6) is -0.976. The molecule has 1 aromatic carbocycles. The van der Waals surface area contributed by atoms with Gasteiger partial charge in [-0.05, 0) is 24.6 Å². The first-order valence-corrected chi connectivity index (χ1v) is 8.92. The number of aromatic nitrogens is 2. The third kappa shape index (κ3) is 4.90. The summed E-state index contributed by atoms with van der Waals surface area (Å²) in [6, 6.07) is 4.75. The summed E-state index contributed by atoms with van der Waals surface area (Å²) in [7, 11) is 0. The van der Waals surface area contributed by atoms with E-state index in [0.29, 0.717) is 12.1 Å².